The molecule has 1 saturated heterocycles. The number of benzene rings is 2. The molecule has 4 aromatic rings. The molecule has 0 atom stereocenters. The van der Waals surface area contributed by atoms with E-state index in [-0.39, 0.29) is 5.91 Å². The monoisotopic (exact) mass is 457 g/mol. The van der Waals surface area contributed by atoms with Crippen molar-refractivity contribution in [1.29, 1.82) is 0 Å². The molecule has 9 nitrogen and oxygen atoms in total. The Balaban J connectivity index is 1.33. The summed E-state index contributed by atoms with van der Waals surface area (Å²) in [7, 11) is 3.48. The van der Waals surface area contributed by atoms with Crippen LogP contribution in [0.4, 0.5) is 11.5 Å². The molecule has 1 aliphatic rings. The average Bonchev–Trinajstić information content (AvgIpc) is 3.38. The molecule has 0 N–H and O–H groups in total. The van der Waals surface area contributed by atoms with Gasteiger partial charge in [0.25, 0.3) is 5.78 Å². The summed E-state index contributed by atoms with van der Waals surface area (Å²) in [5.74, 6) is 2.41. The summed E-state index contributed by atoms with van der Waals surface area (Å²) >= 11 is 0. The molecule has 1 aliphatic heterocycles. The standard InChI is InChI=1S/C25H27N7O2/c1-29(20-6-4-3-5-7-20)23(33)17-30-12-14-31(15-13-30)24-22(16-26-25-27-18-28-32(24)25)19-8-10-21(34-2)11-9-19/h3-11,16,18H,12-15,17H2,1-2H3. The Morgan fingerprint density at radius 3 is 2.44 bits per heavy atom. The number of piperazine rings is 1. The lowest BCUT2D eigenvalue weighted by Crippen LogP contribution is -2.50. The summed E-state index contributed by atoms with van der Waals surface area (Å²) in [6.45, 7) is 3.47. The fraction of sp³-hybridized carbons (Fsp3) is 0.280. The van der Waals surface area contributed by atoms with Crippen LogP contribution in [-0.4, -0.2) is 77.3 Å². The van der Waals surface area contributed by atoms with Gasteiger partial charge in [-0.15, -0.1) is 0 Å². The largest absolute Gasteiger partial charge is 0.497 e. The van der Waals surface area contributed by atoms with Crippen molar-refractivity contribution in [2.75, 3.05) is 56.7 Å². The fourth-order valence-corrected chi connectivity index (χ4v) is 4.26. The number of fused-ring (bicyclic) bond motifs is 1. The van der Waals surface area contributed by atoms with Crippen LogP contribution in [-0.2, 0) is 4.79 Å². The van der Waals surface area contributed by atoms with Gasteiger partial charge in [-0.05, 0) is 29.8 Å². The van der Waals surface area contributed by atoms with Gasteiger partial charge < -0.3 is 14.5 Å². The zero-order chi connectivity index (χ0) is 23.5. The maximum Gasteiger partial charge on any atom is 0.254 e. The second kappa shape index (κ2) is 9.48. The maximum absolute atomic E-state index is 12.8. The van der Waals surface area contributed by atoms with E-state index in [1.165, 1.54) is 6.33 Å². The topological polar surface area (TPSA) is 79.1 Å². The van der Waals surface area contributed by atoms with Crippen LogP contribution in [0.25, 0.3) is 16.9 Å². The van der Waals surface area contributed by atoms with Gasteiger partial charge in [0.15, 0.2) is 0 Å². The lowest BCUT2D eigenvalue weighted by atomic mass is 10.1. The van der Waals surface area contributed by atoms with E-state index in [1.807, 2.05) is 67.8 Å². The van der Waals surface area contributed by atoms with Crippen LogP contribution in [0, 0.1) is 0 Å². The molecule has 3 heterocycles. The first-order valence-electron chi connectivity index (χ1n) is 11.3. The maximum atomic E-state index is 12.8. The van der Waals surface area contributed by atoms with Gasteiger partial charge in [-0.1, -0.05) is 30.3 Å². The molecule has 0 aliphatic carbocycles. The predicted molar refractivity (Wildman–Crippen MR) is 131 cm³/mol. The highest BCUT2D eigenvalue weighted by Gasteiger charge is 2.25. The molecule has 34 heavy (non-hydrogen) atoms. The van der Waals surface area contributed by atoms with Crippen LogP contribution >= 0.6 is 0 Å². The molecule has 0 spiro atoms. The number of anilines is 2. The molecule has 0 bridgehead atoms. The van der Waals surface area contributed by atoms with Crippen molar-refractivity contribution >= 4 is 23.2 Å². The fourth-order valence-electron chi connectivity index (χ4n) is 4.26. The number of amides is 1. The van der Waals surface area contributed by atoms with Crippen LogP contribution in [0.1, 0.15) is 0 Å². The van der Waals surface area contributed by atoms with Crippen molar-refractivity contribution in [3.63, 3.8) is 0 Å². The van der Waals surface area contributed by atoms with Gasteiger partial charge in [0.1, 0.15) is 17.9 Å². The minimum atomic E-state index is 0.0844. The normalized spacial score (nSPS) is 14.4. The molecule has 2 aromatic carbocycles. The quantitative estimate of drug-likeness (QED) is 0.440. The first-order valence-corrected chi connectivity index (χ1v) is 11.3. The third kappa shape index (κ3) is 4.29. The van der Waals surface area contributed by atoms with E-state index in [9.17, 15) is 4.79 Å². The Labute approximate surface area is 198 Å². The highest BCUT2D eigenvalue weighted by atomic mass is 16.5. The highest BCUT2D eigenvalue weighted by molar-refractivity contribution is 5.94. The van der Waals surface area contributed by atoms with Crippen molar-refractivity contribution in [1.82, 2.24) is 24.5 Å². The van der Waals surface area contributed by atoms with Crippen molar-refractivity contribution in [3.05, 3.63) is 67.1 Å². The van der Waals surface area contributed by atoms with Gasteiger partial charge >= 0.3 is 0 Å². The number of carbonyl (C=O) groups is 1. The minimum absolute atomic E-state index is 0.0844. The van der Waals surface area contributed by atoms with Gasteiger partial charge in [0, 0.05) is 50.7 Å². The van der Waals surface area contributed by atoms with Gasteiger partial charge in [0.2, 0.25) is 5.91 Å². The number of para-hydroxylation sites is 1. The van der Waals surface area contributed by atoms with Gasteiger partial charge in [-0.2, -0.15) is 14.6 Å². The summed E-state index contributed by atoms with van der Waals surface area (Å²) in [6, 6.07) is 17.7. The molecule has 1 fully saturated rings. The number of aromatic nitrogens is 4. The lowest BCUT2D eigenvalue weighted by molar-refractivity contribution is -0.119. The Kier molecular flexibility index (Phi) is 6.09. The van der Waals surface area contributed by atoms with E-state index in [0.717, 1.165) is 54.6 Å². The molecule has 0 unspecified atom stereocenters. The van der Waals surface area contributed by atoms with E-state index < -0.39 is 0 Å². The van der Waals surface area contributed by atoms with Crippen LogP contribution in [0.3, 0.4) is 0 Å². The molecule has 174 valence electrons. The Bertz CT molecular complexity index is 1270. The zero-order valence-electron chi connectivity index (χ0n) is 19.3. The van der Waals surface area contributed by atoms with Crippen molar-refractivity contribution in [3.8, 4) is 16.9 Å². The van der Waals surface area contributed by atoms with Crippen LogP contribution in [0.5, 0.6) is 5.75 Å². The van der Waals surface area contributed by atoms with Crippen LogP contribution in [0.2, 0.25) is 0 Å². The van der Waals surface area contributed by atoms with Crippen molar-refractivity contribution in [2.45, 2.75) is 0 Å². The highest BCUT2D eigenvalue weighted by Crippen LogP contribution is 2.32. The van der Waals surface area contributed by atoms with E-state index in [0.29, 0.717) is 12.3 Å². The molecule has 1 amide bonds. The summed E-state index contributed by atoms with van der Waals surface area (Å²) in [4.78, 5) is 27.8. The Morgan fingerprint density at radius 1 is 1.00 bits per heavy atom. The SMILES string of the molecule is COc1ccc(-c2cnc3ncnn3c2N2CCN(CC(=O)N(C)c3ccccc3)CC2)cc1. The van der Waals surface area contributed by atoms with E-state index in [4.69, 9.17) is 4.74 Å². The number of nitrogens with zero attached hydrogens (tertiary/aromatic N) is 7. The van der Waals surface area contributed by atoms with E-state index in [1.54, 1.807) is 16.5 Å². The molecule has 5 rings (SSSR count). The van der Waals surface area contributed by atoms with E-state index in [2.05, 4.69) is 24.9 Å². The summed E-state index contributed by atoms with van der Waals surface area (Å²) < 4.78 is 7.10. The summed E-state index contributed by atoms with van der Waals surface area (Å²) in [5, 5.41) is 4.44. The molecular weight excluding hydrogens is 430 g/mol. The lowest BCUT2D eigenvalue weighted by Gasteiger charge is -2.36. The number of hydrogen-bond acceptors (Lipinski definition) is 7. The smallest absolute Gasteiger partial charge is 0.254 e. The van der Waals surface area contributed by atoms with Crippen LogP contribution in [0.15, 0.2) is 67.1 Å². The second-order valence-corrected chi connectivity index (χ2v) is 8.25. The number of likely N-dealkylation sites (N-methyl/N-ethyl adjacent to an activating group) is 1. The van der Waals surface area contributed by atoms with Crippen molar-refractivity contribution in [2.24, 2.45) is 0 Å². The predicted octanol–water partition coefficient (Wildman–Crippen LogP) is 2.58. The number of methoxy groups -OCH3 is 1. The van der Waals surface area contributed by atoms with Crippen LogP contribution < -0.4 is 14.5 Å². The number of rotatable bonds is 6. The first kappa shape index (κ1) is 21.8. The molecule has 0 saturated carbocycles. The zero-order valence-corrected chi connectivity index (χ0v) is 19.3. The van der Waals surface area contributed by atoms with Crippen molar-refractivity contribution < 1.29 is 9.53 Å². The number of ether oxygens (including phenoxy) is 1. The molecule has 0 radical (unpaired) electrons. The number of carbonyl (C=O) groups excluding carboxylic acids is 1. The molecular formula is C25H27N7O2. The Morgan fingerprint density at radius 2 is 1.74 bits per heavy atom. The second-order valence-electron chi connectivity index (χ2n) is 8.25. The third-order valence-corrected chi connectivity index (χ3v) is 6.23. The summed E-state index contributed by atoms with van der Waals surface area (Å²) in [5.41, 5.74) is 2.91. The van der Waals surface area contributed by atoms with Gasteiger partial charge in [0.05, 0.1) is 13.7 Å². The summed E-state index contributed by atoms with van der Waals surface area (Å²) in [6.07, 6.45) is 3.38. The molecule has 9 heteroatoms. The van der Waals surface area contributed by atoms with E-state index >= 15 is 0 Å². The average molecular weight is 458 g/mol. The van der Waals surface area contributed by atoms with Gasteiger partial charge in [-0.3, -0.25) is 9.69 Å². The third-order valence-electron chi connectivity index (χ3n) is 6.23. The number of hydrogen-bond donors (Lipinski definition) is 0. The first-order chi connectivity index (χ1) is 16.6. The minimum Gasteiger partial charge on any atom is -0.497 e. The molecule has 2 aromatic heterocycles. The Hall–Kier alpha value is -3.98. The van der Waals surface area contributed by atoms with Gasteiger partial charge in [-0.25, -0.2) is 4.98 Å².